The lowest BCUT2D eigenvalue weighted by Crippen LogP contribution is -2.39. The van der Waals surface area contributed by atoms with E-state index in [0.717, 1.165) is 38.6 Å². The zero-order valence-electron chi connectivity index (χ0n) is 10.4. The van der Waals surface area contributed by atoms with Gasteiger partial charge in [0.2, 0.25) is 0 Å². The van der Waals surface area contributed by atoms with Gasteiger partial charge in [0.15, 0.2) is 0 Å². The number of aliphatic hydroxyl groups is 1. The van der Waals surface area contributed by atoms with Gasteiger partial charge in [-0.2, -0.15) is 0 Å². The van der Waals surface area contributed by atoms with E-state index in [1.165, 1.54) is 7.11 Å². The van der Waals surface area contributed by atoms with Gasteiger partial charge in [-0.15, -0.1) is 0 Å². The summed E-state index contributed by atoms with van der Waals surface area (Å²) in [4.78, 5) is 13.0. The Kier molecular flexibility index (Phi) is 5.22. The zero-order valence-corrected chi connectivity index (χ0v) is 10.4. The molecule has 0 atom stereocenters. The molecule has 0 bridgehead atoms. The Labute approximate surface area is 97.6 Å². The fourth-order valence-corrected chi connectivity index (χ4v) is 2.37. The van der Waals surface area contributed by atoms with Gasteiger partial charge in [-0.1, -0.05) is 12.8 Å². The van der Waals surface area contributed by atoms with E-state index in [2.05, 4.69) is 9.64 Å². The van der Waals surface area contributed by atoms with Crippen LogP contribution >= 0.6 is 0 Å². The van der Waals surface area contributed by atoms with Gasteiger partial charge in [0, 0.05) is 13.0 Å². The third kappa shape index (κ3) is 4.49. The Bertz CT molecular complexity index is 224. The van der Waals surface area contributed by atoms with Crippen molar-refractivity contribution >= 4 is 5.97 Å². The van der Waals surface area contributed by atoms with E-state index in [1.807, 2.05) is 7.05 Å². The second-order valence-electron chi connectivity index (χ2n) is 4.85. The lowest BCUT2D eigenvalue weighted by atomic mass is 10.0. The first-order valence-corrected chi connectivity index (χ1v) is 6.03. The molecule has 0 spiro atoms. The Morgan fingerprint density at radius 3 is 2.62 bits per heavy atom. The lowest BCUT2D eigenvalue weighted by Gasteiger charge is -2.28. The number of likely N-dealkylation sites (N-methyl/N-ethyl adjacent to an activating group) is 1. The fourth-order valence-electron chi connectivity index (χ4n) is 2.37. The molecule has 1 aliphatic carbocycles. The summed E-state index contributed by atoms with van der Waals surface area (Å²) >= 11 is 0. The number of hydrogen-bond donors (Lipinski definition) is 1. The van der Waals surface area contributed by atoms with Crippen molar-refractivity contribution in [3.05, 3.63) is 0 Å². The summed E-state index contributed by atoms with van der Waals surface area (Å²) in [6, 6.07) is 0. The van der Waals surface area contributed by atoms with Crippen molar-refractivity contribution in [2.45, 2.75) is 44.1 Å². The lowest BCUT2D eigenvalue weighted by molar-refractivity contribution is -0.140. The number of rotatable bonds is 6. The van der Waals surface area contributed by atoms with E-state index in [1.54, 1.807) is 0 Å². The van der Waals surface area contributed by atoms with Crippen LogP contribution in [0.15, 0.2) is 0 Å². The first kappa shape index (κ1) is 13.5. The van der Waals surface area contributed by atoms with Crippen molar-refractivity contribution < 1.29 is 14.6 Å². The molecule has 0 aliphatic heterocycles. The van der Waals surface area contributed by atoms with Crippen LogP contribution in [0.2, 0.25) is 0 Å². The molecule has 0 amide bonds. The van der Waals surface area contributed by atoms with Crippen LogP contribution in [0.4, 0.5) is 0 Å². The molecule has 16 heavy (non-hydrogen) atoms. The van der Waals surface area contributed by atoms with E-state index in [0.29, 0.717) is 13.0 Å². The van der Waals surface area contributed by atoms with Crippen LogP contribution in [0.5, 0.6) is 0 Å². The van der Waals surface area contributed by atoms with E-state index in [-0.39, 0.29) is 5.97 Å². The van der Waals surface area contributed by atoms with Crippen LogP contribution < -0.4 is 0 Å². The highest BCUT2D eigenvalue weighted by Gasteiger charge is 2.31. The first-order valence-electron chi connectivity index (χ1n) is 6.03. The predicted octanol–water partition coefficient (Wildman–Crippen LogP) is 1.18. The van der Waals surface area contributed by atoms with Crippen LogP contribution in [-0.2, 0) is 9.53 Å². The molecule has 4 nitrogen and oxygen atoms in total. The highest BCUT2D eigenvalue weighted by Crippen LogP contribution is 2.29. The Morgan fingerprint density at radius 2 is 2.06 bits per heavy atom. The third-order valence-electron chi connectivity index (χ3n) is 3.25. The standard InChI is InChI=1S/C12H23NO3/c1-13(9-5-6-11(14)16-2)10-12(15)7-3-4-8-12/h15H,3-10H2,1-2H3. The molecule has 94 valence electrons. The molecule has 0 aromatic rings. The minimum Gasteiger partial charge on any atom is -0.469 e. The van der Waals surface area contributed by atoms with Crippen molar-refractivity contribution in [1.82, 2.24) is 4.90 Å². The molecule has 1 rings (SSSR count). The van der Waals surface area contributed by atoms with Crippen LogP contribution in [0.3, 0.4) is 0 Å². The van der Waals surface area contributed by atoms with Crippen molar-refractivity contribution in [2.24, 2.45) is 0 Å². The average Bonchev–Trinajstić information content (AvgIpc) is 2.64. The van der Waals surface area contributed by atoms with Gasteiger partial charge in [-0.3, -0.25) is 4.79 Å². The van der Waals surface area contributed by atoms with Crippen molar-refractivity contribution in [3.63, 3.8) is 0 Å². The number of carbonyl (C=O) groups is 1. The minimum absolute atomic E-state index is 0.159. The smallest absolute Gasteiger partial charge is 0.305 e. The van der Waals surface area contributed by atoms with E-state index < -0.39 is 5.60 Å². The number of esters is 1. The Balaban J connectivity index is 2.15. The van der Waals surface area contributed by atoms with Gasteiger partial charge >= 0.3 is 5.97 Å². The summed E-state index contributed by atoms with van der Waals surface area (Å²) in [7, 11) is 3.40. The molecular formula is C12H23NO3. The quantitative estimate of drug-likeness (QED) is 0.695. The van der Waals surface area contributed by atoms with Crippen LogP contribution in [0.1, 0.15) is 38.5 Å². The summed E-state index contributed by atoms with van der Waals surface area (Å²) in [6.07, 6.45) is 5.33. The number of hydrogen-bond acceptors (Lipinski definition) is 4. The predicted molar refractivity (Wildman–Crippen MR) is 62.2 cm³/mol. The van der Waals surface area contributed by atoms with Crippen LogP contribution in [-0.4, -0.2) is 48.8 Å². The largest absolute Gasteiger partial charge is 0.469 e. The third-order valence-corrected chi connectivity index (χ3v) is 3.25. The number of methoxy groups -OCH3 is 1. The summed E-state index contributed by atoms with van der Waals surface area (Å²) in [5.74, 6) is -0.159. The number of ether oxygens (including phenoxy) is 1. The molecular weight excluding hydrogens is 206 g/mol. The molecule has 0 saturated heterocycles. The molecule has 0 unspecified atom stereocenters. The maximum Gasteiger partial charge on any atom is 0.305 e. The molecule has 0 aromatic heterocycles. The van der Waals surface area contributed by atoms with E-state index in [4.69, 9.17) is 0 Å². The molecule has 1 saturated carbocycles. The minimum atomic E-state index is -0.486. The Hall–Kier alpha value is -0.610. The van der Waals surface area contributed by atoms with Gasteiger partial charge < -0.3 is 14.7 Å². The molecule has 0 radical (unpaired) electrons. The first-order chi connectivity index (χ1) is 7.56. The Morgan fingerprint density at radius 1 is 1.44 bits per heavy atom. The summed E-state index contributed by atoms with van der Waals surface area (Å²) < 4.78 is 4.58. The van der Waals surface area contributed by atoms with Crippen molar-refractivity contribution in [2.75, 3.05) is 27.2 Å². The highest BCUT2D eigenvalue weighted by molar-refractivity contribution is 5.69. The molecule has 1 N–H and O–H groups in total. The summed E-state index contributed by atoms with van der Waals surface area (Å²) in [5.41, 5.74) is -0.486. The molecule has 4 heteroatoms. The van der Waals surface area contributed by atoms with Gasteiger partial charge in [0.1, 0.15) is 0 Å². The van der Waals surface area contributed by atoms with Crippen molar-refractivity contribution in [1.29, 1.82) is 0 Å². The molecule has 1 aliphatic rings. The maximum absolute atomic E-state index is 10.9. The molecule has 1 fully saturated rings. The van der Waals surface area contributed by atoms with Crippen LogP contribution in [0.25, 0.3) is 0 Å². The van der Waals surface area contributed by atoms with Gasteiger partial charge in [0.25, 0.3) is 0 Å². The van der Waals surface area contributed by atoms with Crippen LogP contribution in [0, 0.1) is 0 Å². The summed E-state index contributed by atoms with van der Waals surface area (Å²) in [5, 5.41) is 10.2. The average molecular weight is 229 g/mol. The van der Waals surface area contributed by atoms with Crippen molar-refractivity contribution in [3.8, 4) is 0 Å². The second kappa shape index (κ2) is 6.21. The van der Waals surface area contributed by atoms with Gasteiger partial charge in [0.05, 0.1) is 12.7 Å². The van der Waals surface area contributed by atoms with Gasteiger partial charge in [-0.05, 0) is 32.9 Å². The molecule has 0 heterocycles. The number of carbonyl (C=O) groups excluding carboxylic acids is 1. The maximum atomic E-state index is 10.9. The highest BCUT2D eigenvalue weighted by atomic mass is 16.5. The fraction of sp³-hybridized carbons (Fsp3) is 0.917. The number of nitrogens with zero attached hydrogens (tertiary/aromatic N) is 1. The zero-order chi connectivity index (χ0) is 12.0. The van der Waals surface area contributed by atoms with E-state index >= 15 is 0 Å². The van der Waals surface area contributed by atoms with Gasteiger partial charge in [-0.25, -0.2) is 0 Å². The monoisotopic (exact) mass is 229 g/mol. The van der Waals surface area contributed by atoms with E-state index in [9.17, 15) is 9.90 Å². The summed E-state index contributed by atoms with van der Waals surface area (Å²) in [6.45, 7) is 1.55. The normalized spacial score (nSPS) is 19.0. The molecule has 0 aromatic carbocycles. The topological polar surface area (TPSA) is 49.8 Å². The second-order valence-corrected chi connectivity index (χ2v) is 4.85. The SMILES string of the molecule is COC(=O)CCCN(C)CC1(O)CCCC1.